The van der Waals surface area contributed by atoms with Gasteiger partial charge in [0.05, 0.1) is 5.41 Å². The van der Waals surface area contributed by atoms with Crippen molar-refractivity contribution in [2.24, 2.45) is 0 Å². The maximum atomic E-state index is 6.88. The molecule has 2 aliphatic rings. The van der Waals surface area contributed by atoms with Crippen LogP contribution in [-0.4, -0.2) is 15.0 Å². The van der Waals surface area contributed by atoms with Crippen LogP contribution in [-0.2, 0) is 5.41 Å². The van der Waals surface area contributed by atoms with E-state index in [9.17, 15) is 0 Å². The summed E-state index contributed by atoms with van der Waals surface area (Å²) in [4.78, 5) is 15.0. The van der Waals surface area contributed by atoms with Crippen molar-refractivity contribution in [3.8, 4) is 56.4 Å². The van der Waals surface area contributed by atoms with Crippen molar-refractivity contribution in [3.05, 3.63) is 198 Å². The summed E-state index contributed by atoms with van der Waals surface area (Å²) in [5.41, 5.74) is 15.5. The van der Waals surface area contributed by atoms with Gasteiger partial charge in [0.1, 0.15) is 22.3 Å². The van der Waals surface area contributed by atoms with Gasteiger partial charge in [-0.25, -0.2) is 15.0 Å². The molecule has 272 valence electrons. The van der Waals surface area contributed by atoms with E-state index in [-0.39, 0.29) is 7.43 Å². The van der Waals surface area contributed by atoms with E-state index in [0.717, 1.165) is 60.6 Å². The molecule has 0 fully saturated rings. The lowest BCUT2D eigenvalue weighted by atomic mass is 9.69. The van der Waals surface area contributed by atoms with Crippen molar-refractivity contribution in [2.75, 3.05) is 0 Å². The van der Waals surface area contributed by atoms with E-state index in [0.29, 0.717) is 17.5 Å². The van der Waals surface area contributed by atoms with Crippen molar-refractivity contribution < 1.29 is 8.83 Å². The summed E-state index contributed by atoms with van der Waals surface area (Å²) < 4.78 is 13.5. The minimum Gasteiger partial charge on any atom is -0.456 e. The fraction of sp³-hybridized carbons (Fsp3) is 0.0377. The van der Waals surface area contributed by atoms with Crippen LogP contribution in [0.3, 0.4) is 0 Å². The first-order chi connectivity index (χ1) is 28.2. The van der Waals surface area contributed by atoms with E-state index in [1.165, 1.54) is 44.5 Å². The van der Waals surface area contributed by atoms with Gasteiger partial charge in [-0.05, 0) is 80.9 Å². The first-order valence-corrected chi connectivity index (χ1v) is 19.3. The number of aromatic nitrogens is 3. The first kappa shape index (κ1) is 32.6. The molecule has 0 radical (unpaired) electrons. The molecule has 5 heteroatoms. The molecule has 0 bridgehead atoms. The summed E-state index contributed by atoms with van der Waals surface area (Å²) in [5.74, 6) is 1.84. The maximum Gasteiger partial charge on any atom is 0.164 e. The van der Waals surface area contributed by atoms with Crippen LogP contribution in [0, 0.1) is 0 Å². The number of nitrogens with zero attached hydrogens (tertiary/aromatic N) is 3. The van der Waals surface area contributed by atoms with Crippen molar-refractivity contribution in [2.45, 2.75) is 12.8 Å². The van der Waals surface area contributed by atoms with E-state index in [1.807, 2.05) is 66.7 Å². The van der Waals surface area contributed by atoms with Gasteiger partial charge >= 0.3 is 0 Å². The largest absolute Gasteiger partial charge is 0.456 e. The topological polar surface area (TPSA) is 65.0 Å². The van der Waals surface area contributed by atoms with E-state index < -0.39 is 5.41 Å². The highest BCUT2D eigenvalue weighted by Gasteiger charge is 2.53. The Balaban J connectivity index is 0.00000366. The molecular weight excluding hydrogens is 711 g/mol. The Labute approximate surface area is 333 Å². The smallest absolute Gasteiger partial charge is 0.164 e. The minimum absolute atomic E-state index is 0. The zero-order chi connectivity index (χ0) is 37.2. The van der Waals surface area contributed by atoms with Crippen LogP contribution < -0.4 is 0 Å². The van der Waals surface area contributed by atoms with E-state index >= 15 is 0 Å². The molecule has 0 unspecified atom stereocenters. The van der Waals surface area contributed by atoms with Crippen molar-refractivity contribution in [1.82, 2.24) is 15.0 Å². The van der Waals surface area contributed by atoms with E-state index in [4.69, 9.17) is 23.8 Å². The van der Waals surface area contributed by atoms with Crippen LogP contribution in [0.4, 0.5) is 0 Å². The van der Waals surface area contributed by atoms with Crippen LogP contribution in [0.5, 0.6) is 0 Å². The molecule has 0 atom stereocenters. The van der Waals surface area contributed by atoms with Gasteiger partial charge in [-0.15, -0.1) is 0 Å². The quantitative estimate of drug-likeness (QED) is 0.180. The van der Waals surface area contributed by atoms with E-state index in [2.05, 4.69) is 109 Å². The molecule has 0 saturated heterocycles. The Kier molecular flexibility index (Phi) is 6.71. The second-order valence-corrected chi connectivity index (χ2v) is 15.0. The molecule has 1 spiro atoms. The lowest BCUT2D eigenvalue weighted by molar-refractivity contribution is 0.666. The van der Waals surface area contributed by atoms with Crippen molar-refractivity contribution in [1.29, 1.82) is 0 Å². The Bertz CT molecular complexity index is 3370. The molecule has 11 aromatic rings. The third kappa shape index (κ3) is 4.27. The van der Waals surface area contributed by atoms with Crippen LogP contribution >= 0.6 is 0 Å². The lowest BCUT2D eigenvalue weighted by Gasteiger charge is -2.31. The fourth-order valence-electron chi connectivity index (χ4n) is 9.79. The summed E-state index contributed by atoms with van der Waals surface area (Å²) in [6.45, 7) is 0. The normalized spacial score (nSPS) is 13.2. The number of hydrogen-bond donors (Lipinski definition) is 0. The number of furan rings is 2. The van der Waals surface area contributed by atoms with Crippen LogP contribution in [0.15, 0.2) is 185 Å². The average Bonchev–Trinajstić information content (AvgIpc) is 4.00. The molecule has 0 saturated carbocycles. The van der Waals surface area contributed by atoms with Gasteiger partial charge in [-0.3, -0.25) is 0 Å². The van der Waals surface area contributed by atoms with Gasteiger partial charge in [0.15, 0.2) is 17.5 Å². The summed E-state index contributed by atoms with van der Waals surface area (Å²) in [7, 11) is 0. The Hall–Kier alpha value is -7.63. The summed E-state index contributed by atoms with van der Waals surface area (Å²) in [6.07, 6.45) is 0. The molecule has 0 aliphatic heterocycles. The zero-order valence-corrected chi connectivity index (χ0v) is 30.4. The second kappa shape index (κ2) is 11.9. The molecule has 58 heavy (non-hydrogen) atoms. The number of rotatable bonds is 3. The molecular formula is C53H33N3O2. The molecule has 8 aromatic carbocycles. The number of benzene rings is 8. The highest BCUT2D eigenvalue weighted by molar-refractivity contribution is 6.16. The first-order valence-electron chi connectivity index (χ1n) is 19.3. The summed E-state index contributed by atoms with van der Waals surface area (Å²) in [5, 5.41) is 4.41. The monoisotopic (exact) mass is 743 g/mol. The van der Waals surface area contributed by atoms with Gasteiger partial charge in [0.2, 0.25) is 0 Å². The Morgan fingerprint density at radius 2 is 0.914 bits per heavy atom. The molecule has 5 nitrogen and oxygen atoms in total. The van der Waals surface area contributed by atoms with Crippen molar-refractivity contribution >= 4 is 43.9 Å². The second-order valence-electron chi connectivity index (χ2n) is 15.0. The summed E-state index contributed by atoms with van der Waals surface area (Å²) in [6, 6.07) is 61.8. The zero-order valence-electron chi connectivity index (χ0n) is 30.4. The van der Waals surface area contributed by atoms with Crippen molar-refractivity contribution in [3.63, 3.8) is 0 Å². The lowest BCUT2D eigenvalue weighted by Crippen LogP contribution is -2.26. The van der Waals surface area contributed by atoms with Gasteiger partial charge in [0.25, 0.3) is 0 Å². The molecule has 3 aromatic heterocycles. The average molecular weight is 744 g/mol. The predicted molar refractivity (Wildman–Crippen MR) is 234 cm³/mol. The SMILES string of the molecule is C.c1ccc(-c2nc(-c3ccccc3)nc(-c3ccc4c(c3)oc3ccc5c(c34)C3(c4ccccc4-c4ccccc43)c3cc4oc6ccccc6c4cc3-5)n2)cc1. The predicted octanol–water partition coefficient (Wildman–Crippen LogP) is 13.7. The van der Waals surface area contributed by atoms with Crippen LogP contribution in [0.1, 0.15) is 29.7 Å². The highest BCUT2D eigenvalue weighted by Crippen LogP contribution is 2.65. The van der Waals surface area contributed by atoms with Gasteiger partial charge in [-0.1, -0.05) is 147 Å². The molecule has 0 amide bonds. The Morgan fingerprint density at radius 1 is 0.345 bits per heavy atom. The van der Waals surface area contributed by atoms with Crippen LogP contribution in [0.2, 0.25) is 0 Å². The van der Waals surface area contributed by atoms with Gasteiger partial charge in [-0.2, -0.15) is 0 Å². The molecule has 0 N–H and O–H groups in total. The molecule has 2 aliphatic carbocycles. The van der Waals surface area contributed by atoms with Gasteiger partial charge in [0, 0.05) is 38.2 Å². The molecule has 3 heterocycles. The third-order valence-electron chi connectivity index (χ3n) is 12.1. The number of hydrogen-bond acceptors (Lipinski definition) is 5. The van der Waals surface area contributed by atoms with E-state index in [1.54, 1.807) is 0 Å². The standard InChI is InChI=1S/C52H29N3O2.CH4/c1-3-13-30(14-4-1)49-53-50(31-15-5-2-6-16-31)55-51(54-49)32-23-24-37-45(27-32)57-44-26-25-36-38-28-39-35-19-9-12-22-43(35)56-46(39)29-42(38)52(48(36)47(37)44)40-20-10-7-17-33(40)34-18-8-11-21-41(34)52;/h1-29H;1H4. The van der Waals surface area contributed by atoms with Gasteiger partial charge < -0.3 is 8.83 Å². The van der Waals surface area contributed by atoms with Crippen LogP contribution in [0.25, 0.3) is 100 Å². The number of fused-ring (bicyclic) bond motifs is 17. The highest BCUT2D eigenvalue weighted by atomic mass is 16.3. The molecule has 13 rings (SSSR count). The Morgan fingerprint density at radius 3 is 1.60 bits per heavy atom. The summed E-state index contributed by atoms with van der Waals surface area (Å²) >= 11 is 0. The maximum absolute atomic E-state index is 6.88. The minimum atomic E-state index is -0.594. The number of para-hydroxylation sites is 1. The third-order valence-corrected chi connectivity index (χ3v) is 12.1. The fourth-order valence-corrected chi connectivity index (χ4v) is 9.79.